The van der Waals surface area contributed by atoms with Crippen molar-refractivity contribution in [1.82, 2.24) is 24.0 Å². The van der Waals surface area contributed by atoms with Crippen LogP contribution in [-0.2, 0) is 19.6 Å². The van der Waals surface area contributed by atoms with Crippen molar-refractivity contribution >= 4 is 11.2 Å². The first-order valence-corrected chi connectivity index (χ1v) is 12.1. The Morgan fingerprint density at radius 1 is 1.06 bits per heavy atom. The number of hydrogen-bond acceptors (Lipinski definition) is 4. The molecule has 3 fully saturated rings. The molecule has 7 heteroatoms. The van der Waals surface area contributed by atoms with Crippen molar-refractivity contribution in [2.45, 2.75) is 64.7 Å². The zero-order valence-electron chi connectivity index (χ0n) is 18.7. The molecular weight excluding hydrogens is 402 g/mol. The molecule has 1 aliphatic heterocycles. The average molecular weight is 434 g/mol. The highest BCUT2D eigenvalue weighted by molar-refractivity contribution is 5.71. The summed E-state index contributed by atoms with van der Waals surface area (Å²) in [4.78, 5) is 35.8. The van der Waals surface area contributed by atoms with Gasteiger partial charge >= 0.3 is 5.69 Å². The maximum atomic E-state index is 12.9. The summed E-state index contributed by atoms with van der Waals surface area (Å²) in [6, 6.07) is 10.6. The number of imidazole rings is 1. The normalized spacial score (nSPS) is 26.5. The van der Waals surface area contributed by atoms with Crippen molar-refractivity contribution in [2.75, 3.05) is 6.54 Å². The molecule has 4 unspecified atom stereocenters. The molecule has 0 amide bonds. The van der Waals surface area contributed by atoms with Gasteiger partial charge in [0.25, 0.3) is 5.56 Å². The number of benzene rings is 1. The van der Waals surface area contributed by atoms with Crippen LogP contribution in [0.15, 0.2) is 39.9 Å². The number of aromatic amines is 1. The van der Waals surface area contributed by atoms with E-state index in [-0.39, 0.29) is 5.56 Å². The molecule has 2 aromatic heterocycles. The van der Waals surface area contributed by atoms with E-state index in [9.17, 15) is 9.59 Å². The second kappa shape index (κ2) is 7.73. The van der Waals surface area contributed by atoms with Crippen molar-refractivity contribution in [3.8, 4) is 0 Å². The Labute approximate surface area is 187 Å². The number of unbranched alkanes of at least 4 members (excludes halogenated alkanes) is 1. The van der Waals surface area contributed by atoms with E-state index in [0.717, 1.165) is 61.6 Å². The summed E-state index contributed by atoms with van der Waals surface area (Å²) in [6.07, 6.45) is 6.19. The summed E-state index contributed by atoms with van der Waals surface area (Å²) in [5.74, 6) is 3.56. The minimum atomic E-state index is -0.393. The first-order valence-electron chi connectivity index (χ1n) is 12.1. The SMILES string of the molecule is CCCCn1c(CN2CC3C4CCC(C4)C32)nc2c1c(=O)[nH]c(=O)n2Cc1ccccc1. The number of hydrogen-bond donors (Lipinski definition) is 1. The van der Waals surface area contributed by atoms with Crippen LogP contribution in [0.2, 0.25) is 0 Å². The predicted molar refractivity (Wildman–Crippen MR) is 124 cm³/mol. The lowest BCUT2D eigenvalue weighted by Gasteiger charge is -2.50. The molecule has 3 aliphatic rings. The van der Waals surface area contributed by atoms with Gasteiger partial charge in [-0.3, -0.25) is 19.2 Å². The third-order valence-electron chi connectivity index (χ3n) is 8.14. The Morgan fingerprint density at radius 3 is 2.66 bits per heavy atom. The van der Waals surface area contributed by atoms with Crippen LogP contribution < -0.4 is 11.2 Å². The summed E-state index contributed by atoms with van der Waals surface area (Å²) < 4.78 is 3.70. The molecule has 2 bridgehead atoms. The smallest absolute Gasteiger partial charge is 0.321 e. The molecule has 32 heavy (non-hydrogen) atoms. The fourth-order valence-electron chi connectivity index (χ4n) is 6.62. The van der Waals surface area contributed by atoms with Gasteiger partial charge in [-0.1, -0.05) is 43.7 Å². The number of likely N-dealkylation sites (tertiary alicyclic amines) is 1. The lowest BCUT2D eigenvalue weighted by Crippen LogP contribution is -2.58. The number of nitrogens with one attached hydrogen (secondary N) is 1. The molecule has 6 rings (SSSR count). The lowest BCUT2D eigenvalue weighted by molar-refractivity contribution is -0.0305. The number of aromatic nitrogens is 4. The minimum Gasteiger partial charge on any atom is -0.321 e. The number of H-pyrrole nitrogens is 1. The van der Waals surface area contributed by atoms with Crippen LogP contribution in [0, 0.1) is 17.8 Å². The van der Waals surface area contributed by atoms with E-state index < -0.39 is 5.69 Å². The van der Waals surface area contributed by atoms with Crippen molar-refractivity contribution in [3.05, 3.63) is 62.6 Å². The Bertz CT molecular complexity index is 1260. The molecule has 3 aromatic rings. The van der Waals surface area contributed by atoms with E-state index in [1.807, 2.05) is 30.3 Å². The van der Waals surface area contributed by atoms with Crippen molar-refractivity contribution in [2.24, 2.45) is 17.8 Å². The third kappa shape index (κ3) is 3.09. The molecule has 2 saturated carbocycles. The van der Waals surface area contributed by atoms with Crippen LogP contribution in [0.3, 0.4) is 0 Å². The summed E-state index contributed by atoms with van der Waals surface area (Å²) >= 11 is 0. The molecule has 1 saturated heterocycles. The Hall–Kier alpha value is -2.67. The summed E-state index contributed by atoms with van der Waals surface area (Å²) in [5, 5.41) is 0. The van der Waals surface area contributed by atoms with Crippen molar-refractivity contribution in [3.63, 3.8) is 0 Å². The van der Waals surface area contributed by atoms with Gasteiger partial charge in [-0.2, -0.15) is 0 Å². The van der Waals surface area contributed by atoms with Gasteiger partial charge in [0.2, 0.25) is 0 Å². The highest BCUT2D eigenvalue weighted by Crippen LogP contribution is 2.55. The molecule has 7 nitrogen and oxygen atoms in total. The molecule has 0 spiro atoms. The zero-order chi connectivity index (χ0) is 21.8. The van der Waals surface area contributed by atoms with Crippen LogP contribution in [-0.4, -0.2) is 36.6 Å². The van der Waals surface area contributed by atoms with Gasteiger partial charge in [0.1, 0.15) is 5.82 Å². The number of rotatable bonds is 7. The fourth-order valence-corrected chi connectivity index (χ4v) is 6.62. The van der Waals surface area contributed by atoms with E-state index in [1.165, 1.54) is 19.3 Å². The Balaban J connectivity index is 1.40. The topological polar surface area (TPSA) is 75.9 Å². The van der Waals surface area contributed by atoms with E-state index in [1.54, 1.807) is 4.57 Å². The van der Waals surface area contributed by atoms with Crippen molar-refractivity contribution < 1.29 is 0 Å². The van der Waals surface area contributed by atoms with E-state index >= 15 is 0 Å². The molecule has 168 valence electrons. The van der Waals surface area contributed by atoms with Crippen LogP contribution in [0.5, 0.6) is 0 Å². The number of aryl methyl sites for hydroxylation is 1. The highest BCUT2D eigenvalue weighted by atomic mass is 16.2. The van der Waals surface area contributed by atoms with Gasteiger partial charge in [-0.25, -0.2) is 9.78 Å². The highest BCUT2D eigenvalue weighted by Gasteiger charge is 2.56. The average Bonchev–Trinajstić information content (AvgIpc) is 3.44. The maximum absolute atomic E-state index is 12.9. The Kier molecular flexibility index (Phi) is 4.82. The zero-order valence-corrected chi connectivity index (χ0v) is 18.7. The van der Waals surface area contributed by atoms with E-state index in [2.05, 4.69) is 21.4 Å². The molecule has 0 radical (unpaired) electrons. The molecule has 2 aliphatic carbocycles. The predicted octanol–water partition coefficient (Wildman–Crippen LogP) is 2.97. The van der Waals surface area contributed by atoms with Gasteiger partial charge in [-0.05, 0) is 49.0 Å². The second-order valence-corrected chi connectivity index (χ2v) is 9.95. The monoisotopic (exact) mass is 433 g/mol. The quantitative estimate of drug-likeness (QED) is 0.622. The summed E-state index contributed by atoms with van der Waals surface area (Å²) in [6.45, 7) is 5.22. The van der Waals surface area contributed by atoms with E-state index in [0.29, 0.717) is 23.8 Å². The van der Waals surface area contributed by atoms with Gasteiger partial charge in [0.05, 0.1) is 13.1 Å². The summed E-state index contributed by atoms with van der Waals surface area (Å²) in [5.41, 5.74) is 1.34. The van der Waals surface area contributed by atoms with Crippen LogP contribution in [0.25, 0.3) is 11.2 Å². The fraction of sp³-hybridized carbons (Fsp3) is 0.560. The first kappa shape index (κ1) is 20.0. The summed E-state index contributed by atoms with van der Waals surface area (Å²) in [7, 11) is 0. The van der Waals surface area contributed by atoms with Crippen LogP contribution in [0.1, 0.15) is 50.4 Å². The van der Waals surface area contributed by atoms with Gasteiger partial charge in [-0.15, -0.1) is 0 Å². The van der Waals surface area contributed by atoms with E-state index in [4.69, 9.17) is 4.98 Å². The number of nitrogens with zero attached hydrogens (tertiary/aromatic N) is 4. The molecule has 4 atom stereocenters. The minimum absolute atomic E-state index is 0.328. The molecule has 1 N–H and O–H groups in total. The van der Waals surface area contributed by atoms with Gasteiger partial charge in [0, 0.05) is 19.1 Å². The van der Waals surface area contributed by atoms with Gasteiger partial charge in [0.15, 0.2) is 11.2 Å². The van der Waals surface area contributed by atoms with Crippen LogP contribution in [0.4, 0.5) is 0 Å². The molecular formula is C25H31N5O2. The third-order valence-corrected chi connectivity index (χ3v) is 8.14. The maximum Gasteiger partial charge on any atom is 0.330 e. The van der Waals surface area contributed by atoms with Gasteiger partial charge < -0.3 is 4.57 Å². The largest absolute Gasteiger partial charge is 0.330 e. The molecule has 1 aromatic carbocycles. The lowest BCUT2D eigenvalue weighted by atomic mass is 9.77. The molecule has 3 heterocycles. The standard InChI is InChI=1S/C25H31N5O2/c1-2-3-11-29-20(15-28-14-19-17-9-10-18(12-17)21(19)28)26-23-22(29)24(31)27-25(32)30(23)13-16-7-5-4-6-8-16/h4-8,17-19,21H,2-3,9-15H2,1H3,(H,27,31,32). The Morgan fingerprint density at radius 2 is 1.88 bits per heavy atom. The first-order chi connectivity index (χ1) is 15.6. The second-order valence-electron chi connectivity index (χ2n) is 9.95. The van der Waals surface area contributed by atoms with Crippen LogP contribution >= 0.6 is 0 Å². The number of fused-ring (bicyclic) bond motifs is 6. The van der Waals surface area contributed by atoms with Crippen molar-refractivity contribution in [1.29, 1.82) is 0 Å².